The molecule has 0 fully saturated rings. The maximum Gasteiger partial charge on any atom is 0.0400 e. The van der Waals surface area contributed by atoms with Gasteiger partial charge in [0.1, 0.15) is 0 Å². The highest BCUT2D eigenvalue weighted by Gasteiger charge is 1.81. The Bertz CT molecular complexity index is 357. The van der Waals surface area contributed by atoms with Gasteiger partial charge in [-0.3, -0.25) is 9.97 Å². The minimum Gasteiger partial charge on any atom is -0.265 e. The van der Waals surface area contributed by atoms with Crippen molar-refractivity contribution < 1.29 is 0 Å². The van der Waals surface area contributed by atoms with Crippen LogP contribution in [0.1, 0.15) is 18.2 Å². The SMILES string of the molecule is CCc1ccccn1.Cc1ccncc1. The number of hydrogen-bond donors (Lipinski definition) is 0. The summed E-state index contributed by atoms with van der Waals surface area (Å²) in [6.45, 7) is 4.14. The predicted molar refractivity (Wildman–Crippen MR) is 62.6 cm³/mol. The first-order valence-corrected chi connectivity index (χ1v) is 5.09. The lowest BCUT2D eigenvalue weighted by atomic mass is 10.3. The number of pyridine rings is 2. The summed E-state index contributed by atoms with van der Waals surface area (Å²) in [5, 5.41) is 0. The van der Waals surface area contributed by atoms with Crippen molar-refractivity contribution in [3.8, 4) is 0 Å². The normalized spacial score (nSPS) is 8.93. The molecule has 2 heterocycles. The summed E-state index contributed by atoms with van der Waals surface area (Å²) in [4.78, 5) is 7.94. The van der Waals surface area contributed by atoms with Gasteiger partial charge in [-0.2, -0.15) is 0 Å². The second-order valence-electron chi connectivity index (χ2n) is 3.20. The maximum absolute atomic E-state index is 4.10. The quantitative estimate of drug-likeness (QED) is 0.707. The van der Waals surface area contributed by atoms with Gasteiger partial charge in [-0.1, -0.05) is 13.0 Å². The van der Waals surface area contributed by atoms with Gasteiger partial charge in [0.2, 0.25) is 0 Å². The monoisotopic (exact) mass is 200 g/mol. The largest absolute Gasteiger partial charge is 0.265 e. The lowest BCUT2D eigenvalue weighted by molar-refractivity contribution is 1.04. The standard InChI is InChI=1S/C7H9N.C6H7N/c1-2-7-5-3-4-6-8-7;1-6-2-4-7-5-3-6/h3-6H,2H2,1H3;2-5H,1H3. The van der Waals surface area contributed by atoms with E-state index in [4.69, 9.17) is 0 Å². The summed E-state index contributed by atoms with van der Waals surface area (Å²) in [6.07, 6.45) is 6.42. The molecule has 78 valence electrons. The van der Waals surface area contributed by atoms with Crippen LogP contribution in [0.25, 0.3) is 0 Å². The number of aryl methyl sites for hydroxylation is 2. The number of rotatable bonds is 1. The fourth-order valence-electron chi connectivity index (χ4n) is 1.03. The summed E-state index contributed by atoms with van der Waals surface area (Å²) in [5.74, 6) is 0. The molecule has 2 aromatic heterocycles. The fraction of sp³-hybridized carbons (Fsp3) is 0.231. The lowest BCUT2D eigenvalue weighted by Gasteiger charge is -1.88. The minimum absolute atomic E-state index is 1.03. The predicted octanol–water partition coefficient (Wildman–Crippen LogP) is 3.03. The third-order valence-electron chi connectivity index (χ3n) is 1.94. The molecule has 0 spiro atoms. The van der Waals surface area contributed by atoms with E-state index >= 15 is 0 Å². The Morgan fingerprint density at radius 1 is 1.00 bits per heavy atom. The second kappa shape index (κ2) is 6.71. The molecule has 15 heavy (non-hydrogen) atoms. The zero-order valence-corrected chi connectivity index (χ0v) is 9.22. The van der Waals surface area contributed by atoms with Gasteiger partial charge in [0.05, 0.1) is 0 Å². The van der Waals surface area contributed by atoms with E-state index in [1.165, 1.54) is 5.56 Å². The van der Waals surface area contributed by atoms with Gasteiger partial charge in [0.25, 0.3) is 0 Å². The molecule has 0 aliphatic rings. The zero-order chi connectivity index (χ0) is 10.9. The van der Waals surface area contributed by atoms with Crippen molar-refractivity contribution in [1.29, 1.82) is 0 Å². The Hall–Kier alpha value is -1.70. The second-order valence-corrected chi connectivity index (χ2v) is 3.20. The first-order chi connectivity index (χ1) is 7.33. The summed E-state index contributed by atoms with van der Waals surface area (Å²) in [6, 6.07) is 9.91. The molecule has 0 radical (unpaired) electrons. The van der Waals surface area contributed by atoms with Crippen LogP contribution in [-0.4, -0.2) is 9.97 Å². The highest BCUT2D eigenvalue weighted by molar-refractivity contribution is 5.05. The van der Waals surface area contributed by atoms with Gasteiger partial charge in [-0.15, -0.1) is 0 Å². The fourth-order valence-corrected chi connectivity index (χ4v) is 1.03. The van der Waals surface area contributed by atoms with Crippen LogP contribution in [-0.2, 0) is 6.42 Å². The van der Waals surface area contributed by atoms with E-state index < -0.39 is 0 Å². The van der Waals surface area contributed by atoms with Crippen molar-refractivity contribution in [2.75, 3.05) is 0 Å². The molecular weight excluding hydrogens is 184 g/mol. The van der Waals surface area contributed by atoms with Crippen LogP contribution >= 0.6 is 0 Å². The summed E-state index contributed by atoms with van der Waals surface area (Å²) < 4.78 is 0. The van der Waals surface area contributed by atoms with Crippen molar-refractivity contribution in [2.24, 2.45) is 0 Å². The maximum atomic E-state index is 4.10. The molecule has 0 atom stereocenters. The van der Waals surface area contributed by atoms with E-state index in [0.29, 0.717) is 0 Å². The van der Waals surface area contributed by atoms with Crippen molar-refractivity contribution in [2.45, 2.75) is 20.3 Å². The van der Waals surface area contributed by atoms with Gasteiger partial charge in [-0.25, -0.2) is 0 Å². The third-order valence-corrected chi connectivity index (χ3v) is 1.94. The molecule has 0 aliphatic carbocycles. The molecule has 0 aliphatic heterocycles. The van der Waals surface area contributed by atoms with Crippen molar-refractivity contribution in [3.63, 3.8) is 0 Å². The molecule has 2 heteroatoms. The smallest absolute Gasteiger partial charge is 0.0400 e. The molecule has 2 nitrogen and oxygen atoms in total. The molecular formula is C13H16N2. The highest BCUT2D eigenvalue weighted by Crippen LogP contribution is 1.91. The van der Waals surface area contributed by atoms with Gasteiger partial charge in [-0.05, 0) is 43.2 Å². The summed E-state index contributed by atoms with van der Waals surface area (Å²) >= 11 is 0. The Balaban J connectivity index is 0.000000151. The topological polar surface area (TPSA) is 25.8 Å². The average molecular weight is 200 g/mol. The zero-order valence-electron chi connectivity index (χ0n) is 9.22. The molecule has 0 bridgehead atoms. The summed E-state index contributed by atoms with van der Waals surface area (Å²) in [7, 11) is 0. The molecule has 2 rings (SSSR count). The minimum atomic E-state index is 1.03. The Morgan fingerprint density at radius 2 is 1.73 bits per heavy atom. The van der Waals surface area contributed by atoms with E-state index in [2.05, 4.69) is 16.9 Å². The van der Waals surface area contributed by atoms with Crippen molar-refractivity contribution in [3.05, 3.63) is 60.2 Å². The first kappa shape index (κ1) is 11.4. The van der Waals surface area contributed by atoms with Crippen LogP contribution in [0.2, 0.25) is 0 Å². The van der Waals surface area contributed by atoms with E-state index in [1.807, 2.05) is 43.5 Å². The van der Waals surface area contributed by atoms with Gasteiger partial charge >= 0.3 is 0 Å². The number of hydrogen-bond acceptors (Lipinski definition) is 2. The van der Waals surface area contributed by atoms with Crippen LogP contribution in [0, 0.1) is 6.92 Å². The summed E-state index contributed by atoms with van der Waals surface area (Å²) in [5.41, 5.74) is 2.42. The van der Waals surface area contributed by atoms with E-state index in [-0.39, 0.29) is 0 Å². The Kier molecular flexibility index (Phi) is 5.09. The van der Waals surface area contributed by atoms with Crippen LogP contribution in [0.4, 0.5) is 0 Å². The molecule has 0 unspecified atom stereocenters. The van der Waals surface area contributed by atoms with E-state index in [1.54, 1.807) is 12.4 Å². The van der Waals surface area contributed by atoms with E-state index in [9.17, 15) is 0 Å². The van der Waals surface area contributed by atoms with Crippen LogP contribution in [0.15, 0.2) is 48.9 Å². The Morgan fingerprint density at radius 3 is 2.07 bits per heavy atom. The number of nitrogens with zero attached hydrogens (tertiary/aromatic N) is 2. The average Bonchev–Trinajstić information content (AvgIpc) is 2.32. The molecule has 0 saturated heterocycles. The molecule has 2 aromatic rings. The van der Waals surface area contributed by atoms with Gasteiger partial charge in [0, 0.05) is 24.3 Å². The van der Waals surface area contributed by atoms with Crippen LogP contribution < -0.4 is 0 Å². The first-order valence-electron chi connectivity index (χ1n) is 5.09. The van der Waals surface area contributed by atoms with Crippen LogP contribution in [0.5, 0.6) is 0 Å². The van der Waals surface area contributed by atoms with Gasteiger partial charge < -0.3 is 0 Å². The van der Waals surface area contributed by atoms with Crippen molar-refractivity contribution >= 4 is 0 Å². The van der Waals surface area contributed by atoms with Crippen molar-refractivity contribution in [1.82, 2.24) is 9.97 Å². The van der Waals surface area contributed by atoms with E-state index in [0.717, 1.165) is 12.1 Å². The lowest BCUT2D eigenvalue weighted by Crippen LogP contribution is -1.81. The number of aromatic nitrogens is 2. The van der Waals surface area contributed by atoms with Crippen LogP contribution in [0.3, 0.4) is 0 Å². The van der Waals surface area contributed by atoms with Gasteiger partial charge in [0.15, 0.2) is 0 Å². The third kappa shape index (κ3) is 4.91. The molecule has 0 saturated carbocycles. The molecule has 0 amide bonds. The molecule has 0 N–H and O–H groups in total. The molecule has 0 aromatic carbocycles. The Labute approximate surface area is 91.0 Å². The highest BCUT2D eigenvalue weighted by atomic mass is 14.7.